The zero-order valence-electron chi connectivity index (χ0n) is 13.1. The quantitative estimate of drug-likeness (QED) is 0.860. The molecule has 2 aliphatic rings. The minimum atomic E-state index is -3.23. The number of benzene rings is 1. The van der Waals surface area contributed by atoms with Gasteiger partial charge in [0.2, 0.25) is 10.0 Å². The molecule has 2 heterocycles. The first-order valence-electron chi connectivity index (χ1n) is 8.03. The minimum Gasteiger partial charge on any atom is -0.218 e. The molecule has 0 spiro atoms. The normalized spacial score (nSPS) is 21.7. The Bertz CT molecular complexity index is 844. The molecule has 0 saturated carbocycles. The Balaban J connectivity index is 1.74. The van der Waals surface area contributed by atoms with Gasteiger partial charge >= 0.3 is 0 Å². The van der Waals surface area contributed by atoms with Crippen LogP contribution in [0.15, 0.2) is 24.5 Å². The van der Waals surface area contributed by atoms with Crippen molar-refractivity contribution in [3.05, 3.63) is 41.5 Å². The van der Waals surface area contributed by atoms with Crippen molar-refractivity contribution in [2.75, 3.05) is 12.8 Å². The number of rotatable bonds is 3. The SMILES string of the molecule is CS(=O)(=O)N1CCC[C@H]1c1ncnn1-c1ccc2c(c1)CCC2. The van der Waals surface area contributed by atoms with Crippen molar-refractivity contribution in [1.29, 1.82) is 0 Å². The smallest absolute Gasteiger partial charge is 0.211 e. The molecule has 1 fully saturated rings. The molecule has 1 atom stereocenters. The lowest BCUT2D eigenvalue weighted by Gasteiger charge is -2.22. The van der Waals surface area contributed by atoms with E-state index in [1.54, 1.807) is 8.99 Å². The molecule has 0 radical (unpaired) electrons. The van der Waals surface area contributed by atoms with E-state index in [-0.39, 0.29) is 6.04 Å². The van der Waals surface area contributed by atoms with Gasteiger partial charge in [-0.2, -0.15) is 9.40 Å². The maximum atomic E-state index is 12.0. The molecule has 7 heteroatoms. The summed E-state index contributed by atoms with van der Waals surface area (Å²) >= 11 is 0. The van der Waals surface area contributed by atoms with Crippen LogP contribution in [0.2, 0.25) is 0 Å². The van der Waals surface area contributed by atoms with Gasteiger partial charge in [-0.05, 0) is 55.4 Å². The maximum absolute atomic E-state index is 12.0. The summed E-state index contributed by atoms with van der Waals surface area (Å²) in [6.07, 6.45) is 7.87. The summed E-state index contributed by atoms with van der Waals surface area (Å²) in [5.74, 6) is 0.714. The van der Waals surface area contributed by atoms with Gasteiger partial charge in [0.25, 0.3) is 0 Å². The second-order valence-electron chi connectivity index (χ2n) is 6.37. The summed E-state index contributed by atoms with van der Waals surface area (Å²) < 4.78 is 27.4. The van der Waals surface area contributed by atoms with Crippen molar-refractivity contribution in [1.82, 2.24) is 19.1 Å². The summed E-state index contributed by atoms with van der Waals surface area (Å²) in [6.45, 7) is 0.556. The van der Waals surface area contributed by atoms with Gasteiger partial charge in [0, 0.05) is 6.54 Å². The van der Waals surface area contributed by atoms with Crippen LogP contribution in [0, 0.1) is 0 Å². The van der Waals surface area contributed by atoms with Crippen molar-refractivity contribution in [3.63, 3.8) is 0 Å². The van der Waals surface area contributed by atoms with Gasteiger partial charge in [-0.25, -0.2) is 18.1 Å². The standard InChI is InChI=1S/C16H20N4O2S/c1-23(21,22)19-9-3-6-15(19)16-17-11-18-20(16)14-8-7-12-4-2-5-13(12)10-14/h7-8,10-11,15H,2-6,9H2,1H3/t15-/m0/s1. The van der Waals surface area contributed by atoms with E-state index >= 15 is 0 Å². The zero-order chi connectivity index (χ0) is 16.0. The van der Waals surface area contributed by atoms with E-state index in [4.69, 9.17) is 0 Å². The van der Waals surface area contributed by atoms with Gasteiger partial charge in [-0.15, -0.1) is 0 Å². The lowest BCUT2D eigenvalue weighted by atomic mass is 10.1. The van der Waals surface area contributed by atoms with Crippen LogP contribution < -0.4 is 0 Å². The zero-order valence-corrected chi connectivity index (χ0v) is 14.0. The number of fused-ring (bicyclic) bond motifs is 1. The Morgan fingerprint density at radius 1 is 1.17 bits per heavy atom. The van der Waals surface area contributed by atoms with Gasteiger partial charge in [0.1, 0.15) is 6.33 Å². The lowest BCUT2D eigenvalue weighted by Crippen LogP contribution is -2.31. The number of hydrogen-bond acceptors (Lipinski definition) is 4. The monoisotopic (exact) mass is 332 g/mol. The first kappa shape index (κ1) is 14.8. The molecule has 6 nitrogen and oxygen atoms in total. The predicted molar refractivity (Wildman–Crippen MR) is 86.9 cm³/mol. The summed E-state index contributed by atoms with van der Waals surface area (Å²) in [5, 5.41) is 4.36. The summed E-state index contributed by atoms with van der Waals surface area (Å²) in [6, 6.07) is 6.16. The third kappa shape index (κ3) is 2.57. The Morgan fingerprint density at radius 3 is 2.83 bits per heavy atom. The topological polar surface area (TPSA) is 68.1 Å². The van der Waals surface area contributed by atoms with Crippen LogP contribution in [0.5, 0.6) is 0 Å². The van der Waals surface area contributed by atoms with Crippen LogP contribution in [-0.4, -0.2) is 40.3 Å². The van der Waals surface area contributed by atoms with Gasteiger partial charge < -0.3 is 0 Å². The lowest BCUT2D eigenvalue weighted by molar-refractivity contribution is 0.381. The van der Waals surface area contributed by atoms with Crippen LogP contribution in [0.1, 0.15) is 42.3 Å². The summed E-state index contributed by atoms with van der Waals surface area (Å²) in [5.41, 5.74) is 3.75. The highest BCUT2D eigenvalue weighted by molar-refractivity contribution is 7.88. The molecule has 1 saturated heterocycles. The van der Waals surface area contributed by atoms with E-state index in [0.29, 0.717) is 12.4 Å². The first-order chi connectivity index (χ1) is 11.0. The van der Waals surface area contributed by atoms with E-state index in [2.05, 4.69) is 28.3 Å². The molecule has 23 heavy (non-hydrogen) atoms. The van der Waals surface area contributed by atoms with Gasteiger partial charge in [0.15, 0.2) is 5.82 Å². The minimum absolute atomic E-state index is 0.222. The Morgan fingerprint density at radius 2 is 2.00 bits per heavy atom. The predicted octanol–water partition coefficient (Wildman–Crippen LogP) is 1.85. The molecular formula is C16H20N4O2S. The van der Waals surface area contributed by atoms with Gasteiger partial charge in [-0.3, -0.25) is 0 Å². The van der Waals surface area contributed by atoms with E-state index in [1.807, 2.05) is 0 Å². The highest BCUT2D eigenvalue weighted by atomic mass is 32.2. The summed E-state index contributed by atoms with van der Waals surface area (Å²) in [4.78, 5) is 4.38. The third-order valence-corrected chi connectivity index (χ3v) is 6.12. The number of nitrogens with zero attached hydrogens (tertiary/aromatic N) is 4. The molecule has 1 aromatic carbocycles. The molecule has 0 N–H and O–H groups in total. The molecule has 2 aromatic rings. The maximum Gasteiger partial charge on any atom is 0.211 e. The highest BCUT2D eigenvalue weighted by Crippen LogP contribution is 2.34. The largest absolute Gasteiger partial charge is 0.218 e. The molecule has 4 rings (SSSR count). The van der Waals surface area contributed by atoms with Crippen molar-refractivity contribution in [2.24, 2.45) is 0 Å². The molecule has 0 amide bonds. The van der Waals surface area contributed by atoms with Crippen LogP contribution in [-0.2, 0) is 22.9 Å². The fourth-order valence-corrected chi connectivity index (χ4v) is 4.88. The average molecular weight is 332 g/mol. The Kier molecular flexibility index (Phi) is 3.50. The van der Waals surface area contributed by atoms with Crippen LogP contribution >= 0.6 is 0 Å². The molecule has 0 unspecified atom stereocenters. The van der Waals surface area contributed by atoms with Crippen molar-refractivity contribution in [3.8, 4) is 5.69 Å². The van der Waals surface area contributed by atoms with E-state index in [9.17, 15) is 8.42 Å². The fourth-order valence-electron chi connectivity index (χ4n) is 3.76. The Hall–Kier alpha value is -1.73. The number of aryl methyl sites for hydroxylation is 2. The first-order valence-corrected chi connectivity index (χ1v) is 9.88. The van der Waals surface area contributed by atoms with E-state index in [0.717, 1.165) is 31.4 Å². The molecule has 0 bridgehead atoms. The average Bonchev–Trinajstić information content (AvgIpc) is 3.24. The van der Waals surface area contributed by atoms with Gasteiger partial charge in [0.05, 0.1) is 18.0 Å². The number of hydrogen-bond donors (Lipinski definition) is 0. The summed E-state index contributed by atoms with van der Waals surface area (Å²) in [7, 11) is -3.23. The fraction of sp³-hybridized carbons (Fsp3) is 0.500. The van der Waals surface area contributed by atoms with Gasteiger partial charge in [-0.1, -0.05) is 6.07 Å². The second kappa shape index (κ2) is 5.42. The van der Waals surface area contributed by atoms with Crippen LogP contribution in [0.3, 0.4) is 0 Å². The molecule has 1 aliphatic carbocycles. The van der Waals surface area contributed by atoms with Crippen LogP contribution in [0.25, 0.3) is 5.69 Å². The molecular weight excluding hydrogens is 312 g/mol. The second-order valence-corrected chi connectivity index (χ2v) is 8.30. The van der Waals surface area contributed by atoms with Crippen molar-refractivity contribution >= 4 is 10.0 Å². The molecule has 1 aromatic heterocycles. The number of sulfonamides is 1. The van der Waals surface area contributed by atoms with Crippen LogP contribution in [0.4, 0.5) is 0 Å². The highest BCUT2D eigenvalue weighted by Gasteiger charge is 2.35. The van der Waals surface area contributed by atoms with Crippen molar-refractivity contribution in [2.45, 2.75) is 38.1 Å². The van der Waals surface area contributed by atoms with E-state index in [1.165, 1.54) is 30.1 Å². The molecule has 122 valence electrons. The molecule has 1 aliphatic heterocycles. The third-order valence-electron chi connectivity index (χ3n) is 4.83. The Labute approximate surface area is 136 Å². The number of aromatic nitrogens is 3. The van der Waals surface area contributed by atoms with E-state index < -0.39 is 10.0 Å². The van der Waals surface area contributed by atoms with Crippen molar-refractivity contribution < 1.29 is 8.42 Å².